The average Bonchev–Trinajstić information content (AvgIpc) is 2.75. The van der Waals surface area contributed by atoms with Crippen LogP contribution < -0.4 is 10.0 Å². The molecule has 0 saturated heterocycles. The predicted octanol–water partition coefficient (Wildman–Crippen LogP) is 0.942. The molecule has 0 aliphatic heterocycles. The number of aromatic nitrogens is 3. The molecule has 0 aliphatic rings. The molecule has 8 heteroatoms. The van der Waals surface area contributed by atoms with Gasteiger partial charge in [-0.15, -0.1) is 0 Å². The van der Waals surface area contributed by atoms with Crippen molar-refractivity contribution in [2.45, 2.75) is 25.4 Å². The molecule has 7 nitrogen and oxygen atoms in total. The average molecular weight is 295 g/mol. The van der Waals surface area contributed by atoms with Crippen LogP contribution in [0.5, 0.6) is 0 Å². The molecule has 0 amide bonds. The highest BCUT2D eigenvalue weighted by molar-refractivity contribution is 7.92. The second-order valence-electron chi connectivity index (χ2n) is 4.46. The predicted molar refractivity (Wildman–Crippen MR) is 75.9 cm³/mol. The number of aromatic amines is 1. The maximum Gasteiger partial charge on any atom is 0.281 e. The van der Waals surface area contributed by atoms with Crippen LogP contribution in [0.15, 0.2) is 23.4 Å². The molecule has 0 fully saturated rings. The van der Waals surface area contributed by atoms with Crippen LogP contribution in [0.1, 0.15) is 17.0 Å². The van der Waals surface area contributed by atoms with Gasteiger partial charge in [0.15, 0.2) is 0 Å². The topological polar surface area (TPSA) is 99.8 Å². The van der Waals surface area contributed by atoms with Crippen molar-refractivity contribution in [2.75, 3.05) is 11.8 Å². The Morgan fingerprint density at radius 1 is 1.30 bits per heavy atom. The van der Waals surface area contributed by atoms with Gasteiger partial charge in [0.1, 0.15) is 0 Å². The van der Waals surface area contributed by atoms with Crippen molar-refractivity contribution in [3.05, 3.63) is 35.3 Å². The largest absolute Gasteiger partial charge is 0.316 e. The fourth-order valence-corrected chi connectivity index (χ4v) is 3.01. The summed E-state index contributed by atoms with van der Waals surface area (Å²) in [7, 11) is -1.98. The Bertz CT molecular complexity index is 691. The van der Waals surface area contributed by atoms with E-state index in [1.165, 1.54) is 6.20 Å². The fourth-order valence-electron chi connectivity index (χ4n) is 1.77. The Labute approximate surface area is 117 Å². The van der Waals surface area contributed by atoms with Crippen molar-refractivity contribution in [2.24, 2.45) is 0 Å². The normalized spacial score (nSPS) is 11.6. The van der Waals surface area contributed by atoms with Gasteiger partial charge in [0.05, 0.1) is 11.9 Å². The standard InChI is InChI=1S/C12H17N5O2S/c1-8-4-5-10(6-14-8)17-20(18,19)12-11(7-13-3)9(2)15-16-12/h4-6,13,17H,7H2,1-3H3,(H,15,16). The molecule has 0 unspecified atom stereocenters. The third kappa shape index (κ3) is 2.97. The van der Waals surface area contributed by atoms with Crippen molar-refractivity contribution in [3.8, 4) is 0 Å². The first-order chi connectivity index (χ1) is 9.44. The minimum atomic E-state index is -3.73. The summed E-state index contributed by atoms with van der Waals surface area (Å²) in [6, 6.07) is 3.40. The van der Waals surface area contributed by atoms with E-state index >= 15 is 0 Å². The molecule has 2 aromatic rings. The lowest BCUT2D eigenvalue weighted by Crippen LogP contribution is -2.17. The third-order valence-corrected chi connectivity index (χ3v) is 4.16. The molecule has 20 heavy (non-hydrogen) atoms. The van der Waals surface area contributed by atoms with E-state index in [0.717, 1.165) is 11.4 Å². The number of pyridine rings is 1. The zero-order chi connectivity index (χ0) is 14.8. The smallest absolute Gasteiger partial charge is 0.281 e. The minimum Gasteiger partial charge on any atom is -0.316 e. The Morgan fingerprint density at radius 2 is 2.05 bits per heavy atom. The maximum atomic E-state index is 12.3. The zero-order valence-corrected chi connectivity index (χ0v) is 12.4. The first-order valence-electron chi connectivity index (χ1n) is 6.08. The van der Waals surface area contributed by atoms with Gasteiger partial charge in [0, 0.05) is 23.5 Å². The number of rotatable bonds is 5. The molecule has 3 N–H and O–H groups in total. The molecular formula is C12H17N5O2S. The SMILES string of the molecule is CNCc1c(S(=O)(=O)Nc2ccc(C)nc2)n[nH]c1C. The van der Waals surface area contributed by atoms with Crippen LogP contribution in [0, 0.1) is 13.8 Å². The van der Waals surface area contributed by atoms with Gasteiger partial charge in [-0.25, -0.2) is 0 Å². The van der Waals surface area contributed by atoms with Gasteiger partial charge in [-0.1, -0.05) is 0 Å². The molecule has 108 valence electrons. The molecule has 0 spiro atoms. The minimum absolute atomic E-state index is 0.00456. The van der Waals surface area contributed by atoms with Crippen molar-refractivity contribution in [1.29, 1.82) is 0 Å². The number of nitrogens with one attached hydrogen (secondary N) is 3. The van der Waals surface area contributed by atoms with E-state index in [1.54, 1.807) is 26.1 Å². The second-order valence-corrected chi connectivity index (χ2v) is 6.05. The van der Waals surface area contributed by atoms with Crippen LogP contribution >= 0.6 is 0 Å². The lowest BCUT2D eigenvalue weighted by molar-refractivity contribution is 0.595. The molecule has 0 bridgehead atoms. The summed E-state index contributed by atoms with van der Waals surface area (Å²) in [6.07, 6.45) is 1.48. The van der Waals surface area contributed by atoms with Crippen LogP contribution in [-0.4, -0.2) is 30.6 Å². The van der Waals surface area contributed by atoms with Crippen LogP contribution in [-0.2, 0) is 16.6 Å². The summed E-state index contributed by atoms with van der Waals surface area (Å²) >= 11 is 0. The Hall–Kier alpha value is -1.93. The van der Waals surface area contributed by atoms with Crippen molar-refractivity contribution in [3.63, 3.8) is 0 Å². The number of hydrogen-bond donors (Lipinski definition) is 3. The third-order valence-electron chi connectivity index (χ3n) is 2.81. The number of hydrogen-bond acceptors (Lipinski definition) is 5. The highest BCUT2D eigenvalue weighted by atomic mass is 32.2. The summed E-state index contributed by atoms with van der Waals surface area (Å²) in [6.45, 7) is 4.04. The van der Waals surface area contributed by atoms with Gasteiger partial charge in [-0.2, -0.15) is 13.5 Å². The van der Waals surface area contributed by atoms with E-state index in [9.17, 15) is 8.42 Å². The van der Waals surface area contributed by atoms with Gasteiger partial charge < -0.3 is 5.32 Å². The number of nitrogens with zero attached hydrogens (tertiary/aromatic N) is 2. The van der Waals surface area contributed by atoms with Gasteiger partial charge in [0.25, 0.3) is 10.0 Å². The van der Waals surface area contributed by atoms with Crippen LogP contribution in [0.25, 0.3) is 0 Å². The lowest BCUT2D eigenvalue weighted by Gasteiger charge is -2.08. The number of sulfonamides is 1. The number of anilines is 1. The van der Waals surface area contributed by atoms with Crippen LogP contribution in [0.3, 0.4) is 0 Å². The summed E-state index contributed by atoms with van der Waals surface area (Å²) in [5.41, 5.74) is 2.58. The first kappa shape index (κ1) is 14.5. The molecule has 0 saturated carbocycles. The van der Waals surface area contributed by atoms with E-state index in [-0.39, 0.29) is 5.03 Å². The molecule has 2 aromatic heterocycles. The molecule has 0 atom stereocenters. The fraction of sp³-hybridized carbons (Fsp3) is 0.333. The Morgan fingerprint density at radius 3 is 2.65 bits per heavy atom. The van der Waals surface area contributed by atoms with E-state index in [2.05, 4.69) is 25.2 Å². The van der Waals surface area contributed by atoms with E-state index in [0.29, 0.717) is 17.8 Å². The second kappa shape index (κ2) is 5.59. The summed E-state index contributed by atoms with van der Waals surface area (Å²) < 4.78 is 27.2. The summed E-state index contributed by atoms with van der Waals surface area (Å²) in [4.78, 5) is 4.05. The van der Waals surface area contributed by atoms with E-state index < -0.39 is 10.0 Å². The molecule has 0 aliphatic carbocycles. The van der Waals surface area contributed by atoms with Gasteiger partial charge in [-0.05, 0) is 33.0 Å². The van der Waals surface area contributed by atoms with Crippen molar-refractivity contribution in [1.82, 2.24) is 20.5 Å². The van der Waals surface area contributed by atoms with Gasteiger partial charge >= 0.3 is 0 Å². The molecular weight excluding hydrogens is 278 g/mol. The maximum absolute atomic E-state index is 12.3. The van der Waals surface area contributed by atoms with Crippen LogP contribution in [0.4, 0.5) is 5.69 Å². The molecule has 2 heterocycles. The first-order valence-corrected chi connectivity index (χ1v) is 7.56. The lowest BCUT2D eigenvalue weighted by atomic mass is 10.3. The molecule has 0 aromatic carbocycles. The number of H-pyrrole nitrogens is 1. The van der Waals surface area contributed by atoms with Crippen molar-refractivity contribution < 1.29 is 8.42 Å². The zero-order valence-electron chi connectivity index (χ0n) is 11.6. The van der Waals surface area contributed by atoms with Crippen molar-refractivity contribution >= 4 is 15.7 Å². The Balaban J connectivity index is 2.33. The quantitative estimate of drug-likeness (QED) is 0.762. The van der Waals surface area contributed by atoms with Gasteiger partial charge in [0.2, 0.25) is 5.03 Å². The van der Waals surface area contributed by atoms with E-state index in [1.807, 2.05) is 6.92 Å². The summed E-state index contributed by atoms with van der Waals surface area (Å²) in [5, 5.41) is 9.52. The Kier molecular flexibility index (Phi) is 4.05. The van der Waals surface area contributed by atoms with E-state index in [4.69, 9.17) is 0 Å². The molecule has 2 rings (SSSR count). The monoisotopic (exact) mass is 295 g/mol. The highest BCUT2D eigenvalue weighted by Gasteiger charge is 2.23. The number of aryl methyl sites for hydroxylation is 2. The van der Waals surface area contributed by atoms with Crippen LogP contribution in [0.2, 0.25) is 0 Å². The summed E-state index contributed by atoms with van der Waals surface area (Å²) in [5.74, 6) is 0. The molecule has 0 radical (unpaired) electrons. The van der Waals surface area contributed by atoms with Gasteiger partial charge in [-0.3, -0.25) is 14.8 Å². The highest BCUT2D eigenvalue weighted by Crippen LogP contribution is 2.19.